The second-order valence-electron chi connectivity index (χ2n) is 6.90. The second-order valence-corrected chi connectivity index (χ2v) is 7.82. The molecule has 0 spiro atoms. The number of fused-ring (bicyclic) bond motifs is 1. The van der Waals surface area contributed by atoms with Crippen molar-refractivity contribution in [3.63, 3.8) is 0 Å². The lowest BCUT2D eigenvalue weighted by molar-refractivity contribution is 0.0930. The lowest BCUT2D eigenvalue weighted by atomic mass is 10.1. The molecule has 0 fully saturated rings. The fourth-order valence-corrected chi connectivity index (χ4v) is 3.31. The molecule has 1 aromatic heterocycles. The molecular weight excluding hydrogens is 344 g/mol. The molecule has 3 aromatic rings. The molecule has 0 radical (unpaired) electrons. The lowest BCUT2D eigenvalue weighted by Crippen LogP contribution is -2.36. The summed E-state index contributed by atoms with van der Waals surface area (Å²) in [4.78, 5) is 17.0. The van der Waals surface area contributed by atoms with Gasteiger partial charge >= 0.3 is 0 Å². The molecule has 2 aromatic carbocycles. The molecule has 0 saturated heterocycles. The van der Waals surface area contributed by atoms with Crippen LogP contribution in [-0.2, 0) is 5.75 Å². The van der Waals surface area contributed by atoms with E-state index in [0.717, 1.165) is 22.2 Å². The van der Waals surface area contributed by atoms with Crippen LogP contribution in [-0.4, -0.2) is 16.9 Å². The van der Waals surface area contributed by atoms with Gasteiger partial charge in [-0.25, -0.2) is 4.98 Å². The zero-order valence-electron chi connectivity index (χ0n) is 15.6. The van der Waals surface area contributed by atoms with Gasteiger partial charge in [0.2, 0.25) is 0 Å². The zero-order valence-corrected chi connectivity index (χ0v) is 16.4. The summed E-state index contributed by atoms with van der Waals surface area (Å²) in [5.41, 5.74) is 4.58. The van der Waals surface area contributed by atoms with Crippen LogP contribution in [0.25, 0.3) is 11.1 Å². The highest BCUT2D eigenvalue weighted by molar-refractivity contribution is 7.98. The Morgan fingerprint density at radius 2 is 1.96 bits per heavy atom. The summed E-state index contributed by atoms with van der Waals surface area (Å²) in [7, 11) is 0. The Kier molecular flexibility index (Phi) is 5.67. The van der Waals surface area contributed by atoms with Crippen LogP contribution in [0.1, 0.15) is 42.3 Å². The molecule has 1 N–H and O–H groups in total. The molecular formula is C21H24N2O2S. The Bertz CT molecular complexity index is 917. The number of amides is 1. The van der Waals surface area contributed by atoms with Crippen molar-refractivity contribution >= 4 is 28.8 Å². The molecule has 0 saturated carbocycles. The van der Waals surface area contributed by atoms with E-state index >= 15 is 0 Å². The first-order valence-corrected chi connectivity index (χ1v) is 9.81. The van der Waals surface area contributed by atoms with Gasteiger partial charge in [-0.3, -0.25) is 4.79 Å². The molecule has 0 aliphatic rings. The minimum atomic E-state index is -0.0319. The van der Waals surface area contributed by atoms with E-state index in [2.05, 4.69) is 24.1 Å². The van der Waals surface area contributed by atoms with Gasteiger partial charge in [0.1, 0.15) is 5.52 Å². The number of rotatable bonds is 6. The number of oxazole rings is 1. The summed E-state index contributed by atoms with van der Waals surface area (Å²) in [5, 5.41) is 3.69. The second kappa shape index (κ2) is 7.96. The molecule has 1 amide bonds. The number of thioether (sulfide) groups is 1. The average molecular weight is 369 g/mol. The molecule has 0 aliphatic heterocycles. The fourth-order valence-electron chi connectivity index (χ4n) is 2.53. The third-order valence-electron chi connectivity index (χ3n) is 4.51. The molecule has 3 rings (SSSR count). The number of para-hydroxylation sites is 1. The maximum atomic E-state index is 12.4. The summed E-state index contributed by atoms with van der Waals surface area (Å²) in [5.74, 6) is 1.07. The van der Waals surface area contributed by atoms with Crippen LogP contribution in [0.3, 0.4) is 0 Å². The van der Waals surface area contributed by atoms with Gasteiger partial charge in [0.25, 0.3) is 11.1 Å². The van der Waals surface area contributed by atoms with Crippen LogP contribution in [0, 0.1) is 12.8 Å². The summed E-state index contributed by atoms with van der Waals surface area (Å²) >= 11 is 1.54. The molecule has 26 heavy (non-hydrogen) atoms. The van der Waals surface area contributed by atoms with Crippen molar-refractivity contribution in [1.29, 1.82) is 0 Å². The van der Waals surface area contributed by atoms with E-state index in [1.165, 1.54) is 11.8 Å². The maximum absolute atomic E-state index is 12.4. The van der Waals surface area contributed by atoms with Crippen molar-refractivity contribution in [2.45, 2.75) is 44.7 Å². The van der Waals surface area contributed by atoms with Crippen LogP contribution in [0.5, 0.6) is 0 Å². The number of nitrogens with zero attached hydrogens (tertiary/aromatic N) is 1. The van der Waals surface area contributed by atoms with Gasteiger partial charge in [-0.1, -0.05) is 49.9 Å². The van der Waals surface area contributed by atoms with Gasteiger partial charge in [0, 0.05) is 17.4 Å². The monoisotopic (exact) mass is 368 g/mol. The molecule has 0 aliphatic carbocycles. The first kappa shape index (κ1) is 18.5. The van der Waals surface area contributed by atoms with Crippen LogP contribution >= 0.6 is 11.8 Å². The average Bonchev–Trinajstić information content (AvgIpc) is 3.04. The SMILES string of the molecule is Cc1cccc2oc(SCc3cccc(C(=O)N[C@H](C)C(C)C)c3)nc12. The Balaban J connectivity index is 1.68. The van der Waals surface area contributed by atoms with Crippen molar-refractivity contribution in [3.8, 4) is 0 Å². The Morgan fingerprint density at radius 3 is 2.69 bits per heavy atom. The molecule has 0 bridgehead atoms. The van der Waals surface area contributed by atoms with E-state index in [1.807, 2.05) is 56.3 Å². The summed E-state index contributed by atoms with van der Waals surface area (Å²) in [6, 6.07) is 13.8. The molecule has 5 heteroatoms. The van der Waals surface area contributed by atoms with Crippen molar-refractivity contribution in [2.24, 2.45) is 5.92 Å². The van der Waals surface area contributed by atoms with E-state index in [1.54, 1.807) is 0 Å². The van der Waals surface area contributed by atoms with Gasteiger partial charge in [-0.2, -0.15) is 0 Å². The van der Waals surface area contributed by atoms with Gasteiger partial charge in [-0.15, -0.1) is 0 Å². The summed E-state index contributed by atoms with van der Waals surface area (Å²) < 4.78 is 5.80. The highest BCUT2D eigenvalue weighted by Crippen LogP contribution is 2.27. The van der Waals surface area contributed by atoms with Crippen molar-refractivity contribution in [2.75, 3.05) is 0 Å². The predicted molar refractivity (Wildman–Crippen MR) is 107 cm³/mol. The Hall–Kier alpha value is -2.27. The highest BCUT2D eigenvalue weighted by atomic mass is 32.2. The first-order valence-electron chi connectivity index (χ1n) is 8.83. The Labute approximate surface area is 158 Å². The van der Waals surface area contributed by atoms with Crippen molar-refractivity contribution < 1.29 is 9.21 Å². The number of benzene rings is 2. The topological polar surface area (TPSA) is 55.1 Å². The maximum Gasteiger partial charge on any atom is 0.257 e. The third-order valence-corrected chi connectivity index (χ3v) is 5.41. The standard InChI is InChI=1S/C21H24N2O2S/c1-13(2)15(4)22-20(24)17-9-6-8-16(11-17)12-26-21-23-19-14(3)7-5-10-18(19)25-21/h5-11,13,15H,12H2,1-4H3,(H,22,24)/t15-/m1/s1. The minimum absolute atomic E-state index is 0.0319. The Morgan fingerprint density at radius 1 is 1.19 bits per heavy atom. The van der Waals surface area contributed by atoms with Crippen LogP contribution in [0.15, 0.2) is 52.1 Å². The van der Waals surface area contributed by atoms with E-state index in [0.29, 0.717) is 22.5 Å². The molecule has 4 nitrogen and oxygen atoms in total. The van der Waals surface area contributed by atoms with Gasteiger partial charge in [-0.05, 0) is 49.1 Å². The van der Waals surface area contributed by atoms with E-state index < -0.39 is 0 Å². The molecule has 0 unspecified atom stereocenters. The van der Waals surface area contributed by atoms with Gasteiger partial charge in [0.15, 0.2) is 5.58 Å². The van der Waals surface area contributed by atoms with Gasteiger partial charge in [0.05, 0.1) is 0 Å². The number of aryl methyl sites for hydroxylation is 1. The number of hydrogen-bond donors (Lipinski definition) is 1. The van der Waals surface area contributed by atoms with Crippen molar-refractivity contribution in [3.05, 3.63) is 59.2 Å². The van der Waals surface area contributed by atoms with Crippen LogP contribution in [0.4, 0.5) is 0 Å². The first-order chi connectivity index (χ1) is 12.4. The zero-order chi connectivity index (χ0) is 18.7. The molecule has 1 atom stereocenters. The number of nitrogens with one attached hydrogen (secondary N) is 1. The van der Waals surface area contributed by atoms with Crippen LogP contribution in [0.2, 0.25) is 0 Å². The molecule has 1 heterocycles. The molecule has 136 valence electrons. The smallest absolute Gasteiger partial charge is 0.257 e. The largest absolute Gasteiger partial charge is 0.431 e. The number of hydrogen-bond acceptors (Lipinski definition) is 4. The van der Waals surface area contributed by atoms with E-state index in [-0.39, 0.29) is 11.9 Å². The fraction of sp³-hybridized carbons (Fsp3) is 0.333. The third kappa shape index (κ3) is 4.28. The highest BCUT2D eigenvalue weighted by Gasteiger charge is 2.13. The number of carbonyl (C=O) groups is 1. The van der Waals surface area contributed by atoms with Crippen LogP contribution < -0.4 is 5.32 Å². The van der Waals surface area contributed by atoms with Gasteiger partial charge < -0.3 is 9.73 Å². The van der Waals surface area contributed by atoms with Crippen molar-refractivity contribution in [1.82, 2.24) is 10.3 Å². The normalized spacial score (nSPS) is 12.5. The minimum Gasteiger partial charge on any atom is -0.431 e. The summed E-state index contributed by atoms with van der Waals surface area (Å²) in [6.45, 7) is 8.25. The lowest BCUT2D eigenvalue weighted by Gasteiger charge is -2.17. The summed E-state index contributed by atoms with van der Waals surface area (Å²) in [6.07, 6.45) is 0. The number of aromatic nitrogens is 1. The quantitative estimate of drug-likeness (QED) is 0.607. The van der Waals surface area contributed by atoms with E-state index in [4.69, 9.17) is 4.42 Å². The predicted octanol–water partition coefficient (Wildman–Crippen LogP) is 5.20. The van der Waals surface area contributed by atoms with E-state index in [9.17, 15) is 4.79 Å². The number of carbonyl (C=O) groups excluding carboxylic acids is 1.